The van der Waals surface area contributed by atoms with Gasteiger partial charge in [0.2, 0.25) is 5.91 Å². The molecule has 0 bridgehead atoms. The highest BCUT2D eigenvalue weighted by atomic mass is 32.2. The summed E-state index contributed by atoms with van der Waals surface area (Å²) in [4.78, 5) is 17.3. The second kappa shape index (κ2) is 6.81. The zero-order valence-electron chi connectivity index (χ0n) is 13.3. The number of hydrogen-bond acceptors (Lipinski definition) is 6. The van der Waals surface area contributed by atoms with Crippen LogP contribution in [0, 0.1) is 0 Å². The highest BCUT2D eigenvalue weighted by molar-refractivity contribution is 7.90. The molecule has 0 atom stereocenters. The van der Waals surface area contributed by atoms with Gasteiger partial charge in [-0.3, -0.25) is 4.79 Å². The minimum Gasteiger partial charge on any atom is -0.324 e. The molecule has 0 aliphatic rings. The van der Waals surface area contributed by atoms with Gasteiger partial charge in [-0.2, -0.15) is 15.0 Å². The molecule has 0 spiro atoms. The van der Waals surface area contributed by atoms with E-state index in [4.69, 9.17) is 0 Å². The fourth-order valence-corrected chi connectivity index (χ4v) is 2.66. The van der Waals surface area contributed by atoms with Crippen molar-refractivity contribution in [1.82, 2.24) is 20.0 Å². The zero-order chi connectivity index (χ0) is 17.9. The quantitative estimate of drug-likeness (QED) is 0.736. The van der Waals surface area contributed by atoms with E-state index in [1.165, 1.54) is 29.3 Å². The molecule has 3 rings (SSSR count). The number of carbonyl (C=O) groups excluding carboxylic acids is 1. The van der Waals surface area contributed by atoms with Crippen molar-refractivity contribution in [2.45, 2.75) is 11.4 Å². The number of sulfone groups is 1. The standard InChI is InChI=1S/C16H15N5O3S/c1-25(23,24)16-8-7-12(10-17-16)19-15(22)9-13-11-18-21(20-13)14-5-3-2-4-6-14/h2-8,10-11H,9H2,1H3,(H,19,22). The lowest BCUT2D eigenvalue weighted by molar-refractivity contribution is -0.115. The van der Waals surface area contributed by atoms with Crippen molar-refractivity contribution in [1.29, 1.82) is 0 Å². The maximum absolute atomic E-state index is 12.1. The summed E-state index contributed by atoms with van der Waals surface area (Å²) >= 11 is 0. The monoisotopic (exact) mass is 357 g/mol. The third-order valence-corrected chi connectivity index (χ3v) is 4.27. The van der Waals surface area contributed by atoms with Gasteiger partial charge in [0.15, 0.2) is 14.9 Å². The molecule has 1 aromatic carbocycles. The molecule has 3 aromatic rings. The van der Waals surface area contributed by atoms with E-state index in [-0.39, 0.29) is 17.4 Å². The predicted octanol–water partition coefficient (Wildman–Crippen LogP) is 1.25. The molecule has 1 amide bonds. The van der Waals surface area contributed by atoms with Gasteiger partial charge in [-0.05, 0) is 24.3 Å². The molecule has 2 heterocycles. The number of carbonyl (C=O) groups is 1. The molecule has 0 saturated heterocycles. The third kappa shape index (κ3) is 4.27. The van der Waals surface area contributed by atoms with Crippen molar-refractivity contribution in [3.05, 3.63) is 60.6 Å². The third-order valence-electron chi connectivity index (χ3n) is 3.27. The topological polar surface area (TPSA) is 107 Å². The normalized spacial score (nSPS) is 11.2. The van der Waals surface area contributed by atoms with Crippen LogP contribution in [-0.4, -0.2) is 40.6 Å². The van der Waals surface area contributed by atoms with Gasteiger partial charge >= 0.3 is 0 Å². The molecule has 0 radical (unpaired) electrons. The van der Waals surface area contributed by atoms with Crippen LogP contribution in [0.15, 0.2) is 59.9 Å². The minimum absolute atomic E-state index is 0.0423. The predicted molar refractivity (Wildman–Crippen MR) is 91.0 cm³/mol. The van der Waals surface area contributed by atoms with Crippen molar-refractivity contribution in [3.8, 4) is 5.69 Å². The number of benzene rings is 1. The van der Waals surface area contributed by atoms with Gasteiger partial charge in [0.05, 0.1) is 35.9 Å². The number of anilines is 1. The molecule has 128 valence electrons. The lowest BCUT2D eigenvalue weighted by Crippen LogP contribution is -2.15. The van der Waals surface area contributed by atoms with E-state index in [1.807, 2.05) is 30.3 Å². The number of para-hydroxylation sites is 1. The molecular formula is C16H15N5O3S. The van der Waals surface area contributed by atoms with Crippen molar-refractivity contribution in [2.24, 2.45) is 0 Å². The van der Waals surface area contributed by atoms with Crippen LogP contribution < -0.4 is 5.32 Å². The summed E-state index contributed by atoms with van der Waals surface area (Å²) in [6.45, 7) is 0. The first-order valence-electron chi connectivity index (χ1n) is 7.34. The average Bonchev–Trinajstić information content (AvgIpc) is 3.03. The Morgan fingerprint density at radius 3 is 2.52 bits per heavy atom. The first-order chi connectivity index (χ1) is 11.9. The maximum Gasteiger partial charge on any atom is 0.230 e. The Labute approximate surface area is 144 Å². The first-order valence-corrected chi connectivity index (χ1v) is 9.23. The molecule has 2 aromatic heterocycles. The Balaban J connectivity index is 1.64. The number of aromatic nitrogens is 4. The Morgan fingerprint density at radius 2 is 1.88 bits per heavy atom. The van der Waals surface area contributed by atoms with E-state index in [9.17, 15) is 13.2 Å². The van der Waals surface area contributed by atoms with Crippen LogP contribution in [0.2, 0.25) is 0 Å². The van der Waals surface area contributed by atoms with Gasteiger partial charge in [0.1, 0.15) is 0 Å². The van der Waals surface area contributed by atoms with Crippen LogP contribution in [-0.2, 0) is 21.1 Å². The van der Waals surface area contributed by atoms with Gasteiger partial charge in [0.25, 0.3) is 0 Å². The number of pyridine rings is 1. The van der Waals surface area contributed by atoms with Crippen molar-refractivity contribution < 1.29 is 13.2 Å². The second-order valence-electron chi connectivity index (χ2n) is 5.34. The van der Waals surface area contributed by atoms with E-state index >= 15 is 0 Å². The minimum atomic E-state index is -3.37. The van der Waals surface area contributed by atoms with Crippen LogP contribution in [0.1, 0.15) is 5.69 Å². The van der Waals surface area contributed by atoms with E-state index in [2.05, 4.69) is 20.5 Å². The number of rotatable bonds is 5. The smallest absolute Gasteiger partial charge is 0.230 e. The van der Waals surface area contributed by atoms with Gasteiger partial charge in [-0.15, -0.1) is 0 Å². The van der Waals surface area contributed by atoms with Crippen LogP contribution in [0.4, 0.5) is 5.69 Å². The number of hydrogen-bond donors (Lipinski definition) is 1. The molecular weight excluding hydrogens is 342 g/mol. The number of nitrogens with zero attached hydrogens (tertiary/aromatic N) is 4. The summed E-state index contributed by atoms with van der Waals surface area (Å²) in [6.07, 6.45) is 3.94. The fourth-order valence-electron chi connectivity index (χ4n) is 2.10. The Bertz CT molecular complexity index is 982. The maximum atomic E-state index is 12.1. The summed E-state index contributed by atoms with van der Waals surface area (Å²) in [5.74, 6) is -0.297. The highest BCUT2D eigenvalue weighted by Crippen LogP contribution is 2.11. The molecule has 0 aliphatic heterocycles. The zero-order valence-corrected chi connectivity index (χ0v) is 14.1. The Kier molecular flexibility index (Phi) is 4.57. The highest BCUT2D eigenvalue weighted by Gasteiger charge is 2.11. The van der Waals surface area contributed by atoms with Crippen LogP contribution >= 0.6 is 0 Å². The van der Waals surface area contributed by atoms with E-state index in [0.29, 0.717) is 11.4 Å². The van der Waals surface area contributed by atoms with Crippen molar-refractivity contribution in [3.63, 3.8) is 0 Å². The molecule has 25 heavy (non-hydrogen) atoms. The number of nitrogens with one attached hydrogen (secondary N) is 1. The molecule has 8 nitrogen and oxygen atoms in total. The summed E-state index contributed by atoms with van der Waals surface area (Å²) in [5.41, 5.74) is 1.73. The largest absolute Gasteiger partial charge is 0.324 e. The van der Waals surface area contributed by atoms with E-state index < -0.39 is 9.84 Å². The summed E-state index contributed by atoms with van der Waals surface area (Å²) in [6, 6.07) is 12.2. The summed E-state index contributed by atoms with van der Waals surface area (Å²) in [5, 5.41) is 11.0. The van der Waals surface area contributed by atoms with Gasteiger partial charge in [-0.25, -0.2) is 13.4 Å². The van der Waals surface area contributed by atoms with Crippen molar-refractivity contribution >= 4 is 21.4 Å². The molecule has 0 fully saturated rings. The molecule has 0 saturated carbocycles. The van der Waals surface area contributed by atoms with Gasteiger partial charge in [0, 0.05) is 6.26 Å². The molecule has 0 unspecified atom stereocenters. The number of amides is 1. The molecule has 1 N–H and O–H groups in total. The summed E-state index contributed by atoms with van der Waals surface area (Å²) in [7, 11) is -3.37. The second-order valence-corrected chi connectivity index (χ2v) is 7.31. The Morgan fingerprint density at radius 1 is 1.12 bits per heavy atom. The van der Waals surface area contributed by atoms with Gasteiger partial charge < -0.3 is 5.32 Å². The van der Waals surface area contributed by atoms with Crippen LogP contribution in [0.3, 0.4) is 0 Å². The fraction of sp³-hybridized carbons (Fsp3) is 0.125. The van der Waals surface area contributed by atoms with Crippen molar-refractivity contribution in [2.75, 3.05) is 11.6 Å². The first kappa shape index (κ1) is 16.8. The SMILES string of the molecule is CS(=O)(=O)c1ccc(NC(=O)Cc2cnn(-c3ccccc3)n2)cn1. The van der Waals surface area contributed by atoms with Crippen LogP contribution in [0.25, 0.3) is 5.69 Å². The van der Waals surface area contributed by atoms with Crippen LogP contribution in [0.5, 0.6) is 0 Å². The lowest BCUT2D eigenvalue weighted by Gasteiger charge is -2.04. The molecule has 0 aliphatic carbocycles. The lowest BCUT2D eigenvalue weighted by atomic mass is 10.3. The van der Waals surface area contributed by atoms with E-state index in [0.717, 1.165) is 11.9 Å². The van der Waals surface area contributed by atoms with E-state index in [1.54, 1.807) is 0 Å². The average molecular weight is 357 g/mol. The molecule has 9 heteroatoms. The summed E-state index contributed by atoms with van der Waals surface area (Å²) < 4.78 is 22.7. The Hall–Kier alpha value is -3.07. The van der Waals surface area contributed by atoms with Gasteiger partial charge in [-0.1, -0.05) is 18.2 Å².